The summed E-state index contributed by atoms with van der Waals surface area (Å²) in [5, 5.41) is 12.4. The number of pyridine rings is 1. The van der Waals surface area contributed by atoms with Crippen LogP contribution < -0.4 is 5.32 Å². The molecule has 0 bridgehead atoms. The van der Waals surface area contributed by atoms with Crippen molar-refractivity contribution < 1.29 is 0 Å². The summed E-state index contributed by atoms with van der Waals surface area (Å²) in [5.74, 6) is 1.33. The zero-order valence-electron chi connectivity index (χ0n) is 11.1. The van der Waals surface area contributed by atoms with Crippen LogP contribution in [-0.2, 0) is 0 Å². The molecule has 0 aliphatic carbocycles. The molecule has 0 aromatic carbocycles. The second-order valence-corrected chi connectivity index (χ2v) is 4.47. The van der Waals surface area contributed by atoms with Crippen LogP contribution >= 0.6 is 0 Å². The first kappa shape index (κ1) is 13.5. The van der Waals surface area contributed by atoms with Crippen molar-refractivity contribution in [2.45, 2.75) is 46.6 Å². The van der Waals surface area contributed by atoms with Gasteiger partial charge in [0, 0.05) is 11.7 Å². The van der Waals surface area contributed by atoms with E-state index in [1.807, 2.05) is 19.1 Å². The van der Waals surface area contributed by atoms with E-state index in [2.05, 4.69) is 37.1 Å². The monoisotopic (exact) mass is 231 g/mol. The first-order valence-corrected chi connectivity index (χ1v) is 6.26. The minimum Gasteiger partial charge on any atom is -0.366 e. The molecule has 3 nitrogen and oxygen atoms in total. The Bertz CT molecular complexity index is 402. The van der Waals surface area contributed by atoms with Crippen LogP contribution in [-0.4, -0.2) is 11.0 Å². The quantitative estimate of drug-likeness (QED) is 0.843. The lowest BCUT2D eigenvalue weighted by molar-refractivity contribution is 0.437. The Kier molecular flexibility index (Phi) is 4.96. The number of rotatable bonds is 5. The standard InChI is InChI=1S/C14H21N3/c1-5-12(6-2)11(4)17-14-13(9-15)8-7-10(3)16-14/h7-8,11-12H,5-6H2,1-4H3,(H,16,17). The third-order valence-corrected chi connectivity index (χ3v) is 3.28. The van der Waals surface area contributed by atoms with Crippen LogP contribution in [0, 0.1) is 24.2 Å². The van der Waals surface area contributed by atoms with Crippen molar-refractivity contribution >= 4 is 5.82 Å². The van der Waals surface area contributed by atoms with Crippen LogP contribution in [0.15, 0.2) is 12.1 Å². The second kappa shape index (κ2) is 6.24. The average molecular weight is 231 g/mol. The molecule has 0 radical (unpaired) electrons. The summed E-state index contributed by atoms with van der Waals surface area (Å²) in [4.78, 5) is 4.40. The van der Waals surface area contributed by atoms with Gasteiger partial charge in [0.25, 0.3) is 0 Å². The molecular weight excluding hydrogens is 210 g/mol. The maximum atomic E-state index is 9.05. The molecule has 1 aromatic heterocycles. The van der Waals surface area contributed by atoms with Crippen molar-refractivity contribution in [1.29, 1.82) is 5.26 Å². The third kappa shape index (κ3) is 3.45. The number of nitrogens with zero attached hydrogens (tertiary/aromatic N) is 2. The van der Waals surface area contributed by atoms with Gasteiger partial charge in [0.1, 0.15) is 11.9 Å². The van der Waals surface area contributed by atoms with Crippen molar-refractivity contribution in [2.24, 2.45) is 5.92 Å². The van der Waals surface area contributed by atoms with Crippen LogP contribution in [0.4, 0.5) is 5.82 Å². The van der Waals surface area contributed by atoms with Gasteiger partial charge in [0.15, 0.2) is 0 Å². The molecule has 17 heavy (non-hydrogen) atoms. The predicted octanol–water partition coefficient (Wildman–Crippen LogP) is 3.50. The SMILES string of the molecule is CCC(CC)C(C)Nc1nc(C)ccc1C#N. The first-order chi connectivity index (χ1) is 8.12. The summed E-state index contributed by atoms with van der Waals surface area (Å²) in [6.45, 7) is 8.49. The van der Waals surface area contributed by atoms with E-state index in [9.17, 15) is 0 Å². The molecule has 0 spiro atoms. The minimum atomic E-state index is 0.339. The van der Waals surface area contributed by atoms with Crippen molar-refractivity contribution in [3.05, 3.63) is 23.4 Å². The van der Waals surface area contributed by atoms with Crippen molar-refractivity contribution in [1.82, 2.24) is 4.98 Å². The molecule has 3 heteroatoms. The van der Waals surface area contributed by atoms with E-state index in [1.165, 1.54) is 0 Å². The highest BCUT2D eigenvalue weighted by atomic mass is 15.0. The molecule has 1 atom stereocenters. The van der Waals surface area contributed by atoms with Gasteiger partial charge in [-0.1, -0.05) is 26.7 Å². The zero-order chi connectivity index (χ0) is 12.8. The van der Waals surface area contributed by atoms with Crippen molar-refractivity contribution in [3.63, 3.8) is 0 Å². The average Bonchev–Trinajstić information content (AvgIpc) is 2.31. The molecule has 1 unspecified atom stereocenters. The number of hydrogen-bond donors (Lipinski definition) is 1. The highest BCUT2D eigenvalue weighted by Gasteiger charge is 2.15. The van der Waals surface area contributed by atoms with E-state index >= 15 is 0 Å². The molecule has 0 aliphatic heterocycles. The van der Waals surface area contributed by atoms with Crippen LogP contribution in [0.3, 0.4) is 0 Å². The minimum absolute atomic E-state index is 0.339. The number of nitriles is 1. The fraction of sp³-hybridized carbons (Fsp3) is 0.571. The molecule has 0 fully saturated rings. The lowest BCUT2D eigenvalue weighted by atomic mass is 9.95. The molecule has 0 amide bonds. The fourth-order valence-corrected chi connectivity index (χ4v) is 2.09. The summed E-state index contributed by atoms with van der Waals surface area (Å²) in [5.41, 5.74) is 1.55. The first-order valence-electron chi connectivity index (χ1n) is 6.26. The van der Waals surface area contributed by atoms with Gasteiger partial charge in [-0.25, -0.2) is 4.98 Å². The number of anilines is 1. The van der Waals surface area contributed by atoms with Gasteiger partial charge in [-0.05, 0) is 31.9 Å². The Morgan fingerprint density at radius 1 is 1.35 bits per heavy atom. The van der Waals surface area contributed by atoms with Gasteiger partial charge < -0.3 is 5.32 Å². The smallest absolute Gasteiger partial charge is 0.144 e. The molecule has 0 aliphatic rings. The number of aryl methyl sites for hydroxylation is 1. The highest BCUT2D eigenvalue weighted by molar-refractivity contribution is 5.52. The Hall–Kier alpha value is -1.56. The maximum Gasteiger partial charge on any atom is 0.144 e. The largest absolute Gasteiger partial charge is 0.366 e. The number of nitrogens with one attached hydrogen (secondary N) is 1. The van der Waals surface area contributed by atoms with Crippen LogP contribution in [0.2, 0.25) is 0 Å². The van der Waals surface area contributed by atoms with Gasteiger partial charge in [-0.2, -0.15) is 5.26 Å². The zero-order valence-corrected chi connectivity index (χ0v) is 11.1. The highest BCUT2D eigenvalue weighted by Crippen LogP contribution is 2.19. The molecule has 1 N–H and O–H groups in total. The second-order valence-electron chi connectivity index (χ2n) is 4.47. The number of aromatic nitrogens is 1. The van der Waals surface area contributed by atoms with E-state index in [-0.39, 0.29) is 0 Å². The Labute approximate surface area is 104 Å². The number of hydrogen-bond acceptors (Lipinski definition) is 3. The molecule has 0 saturated heterocycles. The van der Waals surface area contributed by atoms with Gasteiger partial charge in [-0.15, -0.1) is 0 Å². The van der Waals surface area contributed by atoms with E-state index < -0.39 is 0 Å². The van der Waals surface area contributed by atoms with Crippen molar-refractivity contribution in [2.75, 3.05) is 5.32 Å². The molecule has 92 valence electrons. The van der Waals surface area contributed by atoms with Gasteiger partial charge in [0.05, 0.1) is 5.56 Å². The summed E-state index contributed by atoms with van der Waals surface area (Å²) in [6.07, 6.45) is 2.27. The normalized spacial score (nSPS) is 12.2. The molecular formula is C14H21N3. The van der Waals surface area contributed by atoms with Gasteiger partial charge in [0.2, 0.25) is 0 Å². The summed E-state index contributed by atoms with van der Waals surface area (Å²) in [6, 6.07) is 6.21. The van der Waals surface area contributed by atoms with Crippen molar-refractivity contribution in [3.8, 4) is 6.07 Å². The maximum absolute atomic E-state index is 9.05. The Morgan fingerprint density at radius 2 is 2.00 bits per heavy atom. The molecule has 1 rings (SSSR count). The summed E-state index contributed by atoms with van der Waals surface area (Å²) < 4.78 is 0. The van der Waals surface area contributed by atoms with E-state index in [0.717, 1.165) is 18.5 Å². The van der Waals surface area contributed by atoms with E-state index in [1.54, 1.807) is 0 Å². The molecule has 1 heterocycles. The lowest BCUT2D eigenvalue weighted by Gasteiger charge is -2.23. The Morgan fingerprint density at radius 3 is 2.53 bits per heavy atom. The van der Waals surface area contributed by atoms with E-state index in [0.29, 0.717) is 23.3 Å². The third-order valence-electron chi connectivity index (χ3n) is 3.28. The van der Waals surface area contributed by atoms with Crippen LogP contribution in [0.1, 0.15) is 44.9 Å². The van der Waals surface area contributed by atoms with E-state index in [4.69, 9.17) is 5.26 Å². The predicted molar refractivity (Wildman–Crippen MR) is 70.8 cm³/mol. The fourth-order valence-electron chi connectivity index (χ4n) is 2.09. The van der Waals surface area contributed by atoms with Crippen LogP contribution in [0.25, 0.3) is 0 Å². The topological polar surface area (TPSA) is 48.7 Å². The van der Waals surface area contributed by atoms with Gasteiger partial charge >= 0.3 is 0 Å². The van der Waals surface area contributed by atoms with Gasteiger partial charge in [-0.3, -0.25) is 0 Å². The summed E-state index contributed by atoms with van der Waals surface area (Å²) >= 11 is 0. The summed E-state index contributed by atoms with van der Waals surface area (Å²) in [7, 11) is 0. The Balaban J connectivity index is 2.87. The molecule has 0 saturated carbocycles. The van der Waals surface area contributed by atoms with Crippen LogP contribution in [0.5, 0.6) is 0 Å². The lowest BCUT2D eigenvalue weighted by Crippen LogP contribution is -2.26. The molecule has 1 aromatic rings.